The predicted octanol–water partition coefficient (Wildman–Crippen LogP) is 3.32. The fourth-order valence-electron chi connectivity index (χ4n) is 2.96. The van der Waals surface area contributed by atoms with Crippen LogP contribution in [0, 0.1) is 0 Å². The number of nitrogens with one attached hydrogen (secondary N) is 2. The van der Waals surface area contributed by atoms with Gasteiger partial charge < -0.3 is 10.2 Å². The van der Waals surface area contributed by atoms with Gasteiger partial charge in [0.15, 0.2) is 6.54 Å². The second kappa shape index (κ2) is 8.99. The van der Waals surface area contributed by atoms with Crippen molar-refractivity contribution in [1.82, 2.24) is 5.32 Å². The molecule has 3 rings (SSSR count). The molecule has 0 aliphatic heterocycles. The summed E-state index contributed by atoms with van der Waals surface area (Å²) < 4.78 is 0. The highest BCUT2D eigenvalue weighted by Crippen LogP contribution is 2.25. The van der Waals surface area contributed by atoms with Crippen molar-refractivity contribution in [2.75, 3.05) is 13.6 Å². The summed E-state index contributed by atoms with van der Waals surface area (Å²) >= 11 is 7.70. The molecule has 2 atom stereocenters. The molecule has 0 bridgehead atoms. The zero-order valence-corrected chi connectivity index (χ0v) is 16.2. The topological polar surface area (TPSA) is 33.5 Å². The number of quaternary nitrogens is 1. The fraction of sp³-hybridized carbons (Fsp3) is 0.190. The molecular formula is C21H22ClN2OS+. The van der Waals surface area contributed by atoms with Gasteiger partial charge in [0.05, 0.1) is 13.1 Å². The Morgan fingerprint density at radius 3 is 2.62 bits per heavy atom. The molecule has 0 saturated heterocycles. The highest BCUT2D eigenvalue weighted by molar-refractivity contribution is 7.10. The third kappa shape index (κ3) is 5.18. The van der Waals surface area contributed by atoms with Crippen molar-refractivity contribution in [3.63, 3.8) is 0 Å². The first kappa shape index (κ1) is 18.6. The van der Waals surface area contributed by atoms with Crippen LogP contribution in [-0.2, 0) is 11.3 Å². The maximum absolute atomic E-state index is 12.6. The summed E-state index contributed by atoms with van der Waals surface area (Å²) in [4.78, 5) is 14.9. The van der Waals surface area contributed by atoms with Gasteiger partial charge in [-0.3, -0.25) is 4.79 Å². The van der Waals surface area contributed by atoms with Gasteiger partial charge in [0.25, 0.3) is 5.91 Å². The molecule has 26 heavy (non-hydrogen) atoms. The zero-order chi connectivity index (χ0) is 18.4. The number of carbonyl (C=O) groups is 1. The minimum absolute atomic E-state index is 0.0341. The van der Waals surface area contributed by atoms with E-state index >= 15 is 0 Å². The summed E-state index contributed by atoms with van der Waals surface area (Å²) in [5, 5.41) is 5.95. The molecule has 3 aromatic rings. The predicted molar refractivity (Wildman–Crippen MR) is 108 cm³/mol. The molecule has 0 radical (unpaired) electrons. The summed E-state index contributed by atoms with van der Waals surface area (Å²) in [6.07, 6.45) is 0. The van der Waals surface area contributed by atoms with Gasteiger partial charge in [-0.05, 0) is 29.1 Å². The Morgan fingerprint density at radius 1 is 1.12 bits per heavy atom. The number of likely N-dealkylation sites (N-methyl/N-ethyl adjacent to an activating group) is 1. The minimum Gasteiger partial charge on any atom is -0.339 e. The van der Waals surface area contributed by atoms with Gasteiger partial charge in [-0.25, -0.2) is 0 Å². The van der Waals surface area contributed by atoms with Crippen molar-refractivity contribution in [3.8, 4) is 0 Å². The van der Waals surface area contributed by atoms with Crippen molar-refractivity contribution in [2.45, 2.75) is 12.6 Å². The SMILES string of the molecule is C[NH+](CC(=O)N[C@H](c1ccccc1)c1cccs1)Cc1cccc(Cl)c1. The largest absolute Gasteiger partial charge is 0.339 e. The van der Waals surface area contributed by atoms with Crippen LogP contribution >= 0.6 is 22.9 Å². The molecule has 0 aliphatic carbocycles. The average Bonchev–Trinajstić information content (AvgIpc) is 3.14. The molecule has 0 saturated carbocycles. The standard InChI is InChI=1S/C21H21ClN2OS/c1-24(14-16-7-5-10-18(22)13-16)15-20(25)23-21(19-11-6-12-26-19)17-8-3-2-4-9-17/h2-13,21H,14-15H2,1H3,(H,23,25)/p+1/t21-/m1/s1. The van der Waals surface area contributed by atoms with E-state index in [0.29, 0.717) is 6.54 Å². The summed E-state index contributed by atoms with van der Waals surface area (Å²) in [7, 11) is 2.02. The minimum atomic E-state index is -0.109. The molecule has 0 fully saturated rings. The van der Waals surface area contributed by atoms with Crippen molar-refractivity contribution in [1.29, 1.82) is 0 Å². The first-order valence-electron chi connectivity index (χ1n) is 8.55. The van der Waals surface area contributed by atoms with E-state index < -0.39 is 0 Å². The van der Waals surface area contributed by atoms with E-state index in [-0.39, 0.29) is 11.9 Å². The first-order valence-corrected chi connectivity index (χ1v) is 9.81. The Hall–Kier alpha value is -2.14. The van der Waals surface area contributed by atoms with Gasteiger partial charge in [-0.15, -0.1) is 11.3 Å². The lowest BCUT2D eigenvalue weighted by Crippen LogP contribution is -3.08. The monoisotopic (exact) mass is 385 g/mol. The number of hydrogen-bond donors (Lipinski definition) is 2. The van der Waals surface area contributed by atoms with Crippen LogP contribution in [0.4, 0.5) is 0 Å². The van der Waals surface area contributed by atoms with Gasteiger partial charge in [-0.1, -0.05) is 60.1 Å². The summed E-state index contributed by atoms with van der Waals surface area (Å²) in [5.74, 6) is 0.0341. The van der Waals surface area contributed by atoms with Crippen molar-refractivity contribution in [2.24, 2.45) is 0 Å². The second-order valence-corrected chi connectivity index (χ2v) is 7.78. The van der Waals surface area contributed by atoms with Crippen LogP contribution in [-0.4, -0.2) is 19.5 Å². The molecule has 1 amide bonds. The lowest BCUT2D eigenvalue weighted by Gasteiger charge is -2.20. The van der Waals surface area contributed by atoms with Crippen molar-refractivity contribution < 1.29 is 9.69 Å². The van der Waals surface area contributed by atoms with Crippen LogP contribution in [0.3, 0.4) is 0 Å². The lowest BCUT2D eigenvalue weighted by atomic mass is 10.1. The third-order valence-electron chi connectivity index (χ3n) is 4.12. The van der Waals surface area contributed by atoms with Crippen LogP contribution in [0.15, 0.2) is 72.1 Å². The molecule has 134 valence electrons. The molecule has 1 aromatic heterocycles. The Morgan fingerprint density at radius 2 is 1.92 bits per heavy atom. The number of thiophene rings is 1. The summed E-state index contributed by atoms with van der Waals surface area (Å²) in [5.41, 5.74) is 2.22. The normalized spacial score (nSPS) is 13.2. The summed E-state index contributed by atoms with van der Waals surface area (Å²) in [6.45, 7) is 1.16. The fourth-order valence-corrected chi connectivity index (χ4v) is 3.98. The number of benzene rings is 2. The maximum Gasteiger partial charge on any atom is 0.275 e. The quantitative estimate of drug-likeness (QED) is 0.642. The molecule has 3 nitrogen and oxygen atoms in total. The number of rotatable bonds is 7. The second-order valence-electron chi connectivity index (χ2n) is 6.37. The molecule has 2 aromatic carbocycles. The van der Waals surface area contributed by atoms with E-state index in [1.165, 1.54) is 0 Å². The van der Waals surface area contributed by atoms with E-state index in [0.717, 1.165) is 32.5 Å². The van der Waals surface area contributed by atoms with Crippen LogP contribution in [0.2, 0.25) is 5.02 Å². The number of hydrogen-bond acceptors (Lipinski definition) is 2. The molecule has 0 aliphatic rings. The van der Waals surface area contributed by atoms with Gasteiger partial charge in [0, 0.05) is 15.5 Å². The van der Waals surface area contributed by atoms with E-state index in [9.17, 15) is 4.79 Å². The van der Waals surface area contributed by atoms with Crippen LogP contribution in [0.25, 0.3) is 0 Å². The van der Waals surface area contributed by atoms with Gasteiger partial charge >= 0.3 is 0 Å². The van der Waals surface area contributed by atoms with Crippen LogP contribution < -0.4 is 10.2 Å². The van der Waals surface area contributed by atoms with Crippen molar-refractivity contribution >= 4 is 28.8 Å². The molecule has 2 N–H and O–H groups in total. The molecule has 1 heterocycles. The molecule has 5 heteroatoms. The van der Waals surface area contributed by atoms with E-state index in [4.69, 9.17) is 11.6 Å². The molecular weight excluding hydrogens is 364 g/mol. The Balaban J connectivity index is 1.64. The van der Waals surface area contributed by atoms with Gasteiger partial charge in [0.1, 0.15) is 6.54 Å². The van der Waals surface area contributed by atoms with E-state index in [1.807, 2.05) is 73.1 Å². The summed E-state index contributed by atoms with van der Waals surface area (Å²) in [6, 6.07) is 21.8. The zero-order valence-electron chi connectivity index (χ0n) is 14.6. The van der Waals surface area contributed by atoms with Gasteiger partial charge in [0.2, 0.25) is 0 Å². The van der Waals surface area contributed by atoms with Crippen LogP contribution in [0.5, 0.6) is 0 Å². The highest BCUT2D eigenvalue weighted by atomic mass is 35.5. The third-order valence-corrected chi connectivity index (χ3v) is 5.30. The Kier molecular flexibility index (Phi) is 6.45. The maximum atomic E-state index is 12.6. The van der Waals surface area contributed by atoms with Crippen molar-refractivity contribution in [3.05, 3.63) is 93.1 Å². The lowest BCUT2D eigenvalue weighted by molar-refractivity contribution is -0.885. The first-order chi connectivity index (χ1) is 12.6. The van der Waals surface area contributed by atoms with E-state index in [1.54, 1.807) is 11.3 Å². The smallest absolute Gasteiger partial charge is 0.275 e. The average molecular weight is 386 g/mol. The highest BCUT2D eigenvalue weighted by Gasteiger charge is 2.19. The van der Waals surface area contributed by atoms with Crippen LogP contribution in [0.1, 0.15) is 22.0 Å². The Labute approximate surface area is 163 Å². The number of halogens is 1. The molecule has 1 unspecified atom stereocenters. The number of amides is 1. The van der Waals surface area contributed by atoms with E-state index in [2.05, 4.69) is 11.4 Å². The van der Waals surface area contributed by atoms with Gasteiger partial charge in [-0.2, -0.15) is 0 Å². The number of carbonyl (C=O) groups excluding carboxylic acids is 1. The molecule has 0 spiro atoms. The Bertz CT molecular complexity index is 836.